The van der Waals surface area contributed by atoms with Crippen molar-refractivity contribution in [2.45, 2.75) is 103 Å². The van der Waals surface area contributed by atoms with E-state index in [2.05, 4.69) is 35.3 Å². The molecule has 264 valence electrons. The molecule has 2 aromatic carbocycles. The summed E-state index contributed by atoms with van der Waals surface area (Å²) in [6.07, 6.45) is 8.45. The Hall–Kier alpha value is -3.20. The van der Waals surface area contributed by atoms with Crippen molar-refractivity contribution in [2.24, 2.45) is 9.98 Å². The van der Waals surface area contributed by atoms with E-state index in [1.54, 1.807) is 24.3 Å². The molecule has 0 fully saturated rings. The number of aliphatic imine (C=N–C) groups is 2. The predicted octanol–water partition coefficient (Wildman–Crippen LogP) is 1.64. The van der Waals surface area contributed by atoms with Crippen molar-refractivity contribution >= 4 is 32.1 Å². The van der Waals surface area contributed by atoms with Gasteiger partial charge in [0.05, 0.1) is 34.9 Å². The van der Waals surface area contributed by atoms with Crippen molar-refractivity contribution in [1.82, 2.24) is 9.44 Å². The largest absolute Gasteiger partial charge is 0.846 e. The van der Waals surface area contributed by atoms with E-state index in [0.29, 0.717) is 13.1 Å². The second-order valence-electron chi connectivity index (χ2n) is 10.3. The van der Waals surface area contributed by atoms with E-state index < -0.39 is 32.1 Å². The summed E-state index contributed by atoms with van der Waals surface area (Å²) in [5.41, 5.74) is 9.25. The highest BCUT2D eigenvalue weighted by Crippen LogP contribution is 2.10. The summed E-state index contributed by atoms with van der Waals surface area (Å²) in [6, 6.07) is 10.9. The Morgan fingerprint density at radius 1 is 0.587 bits per heavy atom. The molecule has 8 N–H and O–H groups in total. The smallest absolute Gasteiger partial charge is 0.262 e. The van der Waals surface area contributed by atoms with E-state index in [1.807, 2.05) is 37.1 Å². The first-order valence-corrected chi connectivity index (χ1v) is 18.9. The first-order valence-electron chi connectivity index (χ1n) is 15.9. The maximum atomic E-state index is 11.8. The van der Waals surface area contributed by atoms with Gasteiger partial charge in [0, 0.05) is 13.1 Å². The molecule has 12 nitrogen and oxygen atoms in total. The van der Waals surface area contributed by atoms with Crippen molar-refractivity contribution in [1.29, 1.82) is 0 Å². The van der Waals surface area contributed by atoms with Gasteiger partial charge in [0.2, 0.25) is 0 Å². The fourth-order valence-corrected chi connectivity index (χ4v) is 4.84. The zero-order valence-electron chi connectivity index (χ0n) is 28.7. The minimum Gasteiger partial charge on any atom is -0.846 e. The molecule has 0 atom stereocenters. The average molecular weight is 687 g/mol. The maximum Gasteiger partial charge on any atom is 0.262 e. The number of amidine groups is 2. The standard InChI is InChI=1S/2C12H18N2O3S.2C4H11N/c2*1-3-4-9-13-12(15)14-18(16,17)11-7-5-10(2)6-8-11;2*1-2-3-4-5/h2*5-8H,3-4,9H2,1-2H3,(H2,13,14,15);2*2-5H2,1H3. The summed E-state index contributed by atoms with van der Waals surface area (Å²) in [7, 11) is -7.61. The Bertz CT molecular complexity index is 1210. The molecule has 0 amide bonds. The molecule has 14 heteroatoms. The molecular weight excluding hydrogens is 629 g/mol. The molecule has 0 radical (unpaired) electrons. The molecule has 0 aromatic heterocycles. The van der Waals surface area contributed by atoms with Crippen LogP contribution >= 0.6 is 0 Å². The monoisotopic (exact) mass is 686 g/mol. The van der Waals surface area contributed by atoms with Gasteiger partial charge in [-0.25, -0.2) is 16.8 Å². The van der Waals surface area contributed by atoms with Crippen LogP contribution in [0.15, 0.2) is 68.3 Å². The number of hydrogen-bond donors (Lipinski definition) is 4. The van der Waals surface area contributed by atoms with E-state index in [9.17, 15) is 27.0 Å². The summed E-state index contributed by atoms with van der Waals surface area (Å²) < 4.78 is 51.0. The van der Waals surface area contributed by atoms with Gasteiger partial charge in [-0.1, -0.05) is 88.8 Å². The van der Waals surface area contributed by atoms with E-state index in [-0.39, 0.29) is 9.79 Å². The Kier molecular flexibility index (Phi) is 26.3. The van der Waals surface area contributed by atoms with E-state index in [1.165, 1.54) is 49.9 Å². The number of sulfonamides is 2. The average Bonchev–Trinajstić information content (AvgIpc) is 2.99. The van der Waals surface area contributed by atoms with Crippen molar-refractivity contribution in [3.8, 4) is 0 Å². The van der Waals surface area contributed by atoms with Crippen LogP contribution in [-0.4, -0.2) is 55.1 Å². The minimum absolute atomic E-state index is 0.0622. The van der Waals surface area contributed by atoms with Gasteiger partial charge in [-0.15, -0.1) is 0 Å². The Morgan fingerprint density at radius 2 is 0.870 bits per heavy atom. The van der Waals surface area contributed by atoms with Gasteiger partial charge >= 0.3 is 0 Å². The van der Waals surface area contributed by atoms with Crippen LogP contribution in [0.5, 0.6) is 0 Å². The molecule has 0 aliphatic heterocycles. The van der Waals surface area contributed by atoms with Gasteiger partial charge in [-0.3, -0.25) is 19.4 Å². The predicted molar refractivity (Wildman–Crippen MR) is 183 cm³/mol. The van der Waals surface area contributed by atoms with Crippen LogP contribution in [0.3, 0.4) is 0 Å². The SMILES string of the molecule is CCCCN=C([O-])NS(=O)(=O)c1ccc(C)cc1.CCCCN=C([O-])NS(=O)(=O)c1ccc(C)cc1.CCCC[NH3+].CCCC[NH3+]. The molecule has 0 saturated carbocycles. The van der Waals surface area contributed by atoms with E-state index in [0.717, 1.165) is 49.9 Å². The Labute approximate surface area is 277 Å². The lowest BCUT2D eigenvalue weighted by molar-refractivity contribution is -0.368. The first kappa shape index (κ1) is 44.9. The maximum absolute atomic E-state index is 11.8. The van der Waals surface area contributed by atoms with Crippen LogP contribution in [0.4, 0.5) is 0 Å². The van der Waals surface area contributed by atoms with Crippen LogP contribution < -0.4 is 31.1 Å². The van der Waals surface area contributed by atoms with Crippen LogP contribution in [0.1, 0.15) is 90.2 Å². The number of nitrogens with zero attached hydrogens (tertiary/aromatic N) is 2. The highest BCUT2D eigenvalue weighted by Gasteiger charge is 2.13. The molecule has 0 spiro atoms. The normalized spacial score (nSPS) is 11.6. The van der Waals surface area contributed by atoms with E-state index >= 15 is 0 Å². The van der Waals surface area contributed by atoms with Gasteiger partial charge < -0.3 is 21.7 Å². The third kappa shape index (κ3) is 23.2. The van der Waals surface area contributed by atoms with Gasteiger partial charge in [0.15, 0.2) is 0 Å². The van der Waals surface area contributed by atoms with Gasteiger partial charge in [-0.2, -0.15) is 0 Å². The van der Waals surface area contributed by atoms with Crippen molar-refractivity contribution in [2.75, 3.05) is 26.2 Å². The van der Waals surface area contributed by atoms with Gasteiger partial charge in [0.1, 0.15) is 0 Å². The summed E-state index contributed by atoms with van der Waals surface area (Å²) in [6.45, 7) is 14.9. The zero-order valence-corrected chi connectivity index (χ0v) is 30.3. The third-order valence-electron chi connectivity index (χ3n) is 5.85. The van der Waals surface area contributed by atoms with Crippen LogP contribution in [0.25, 0.3) is 0 Å². The van der Waals surface area contributed by atoms with E-state index in [4.69, 9.17) is 0 Å². The number of aryl methyl sites for hydroxylation is 2. The quantitative estimate of drug-likeness (QED) is 0.131. The summed E-state index contributed by atoms with van der Waals surface area (Å²) in [5, 5.41) is 22.6. The molecule has 2 aromatic rings. The Balaban J connectivity index is 0. The lowest BCUT2D eigenvalue weighted by atomic mass is 10.2. The Morgan fingerprint density at radius 3 is 1.09 bits per heavy atom. The number of hydrogen-bond acceptors (Lipinski definition) is 8. The topological polar surface area (TPSA) is 218 Å². The summed E-state index contributed by atoms with van der Waals surface area (Å²) in [5.74, 6) is 0. The second-order valence-corrected chi connectivity index (χ2v) is 13.7. The van der Waals surface area contributed by atoms with Gasteiger partial charge in [-0.05, 0) is 63.8 Å². The number of nitrogens with one attached hydrogen (secondary N) is 2. The number of benzene rings is 2. The van der Waals surface area contributed by atoms with Crippen LogP contribution in [-0.2, 0) is 20.0 Å². The number of unbranched alkanes of at least 4 members (excludes halogenated alkanes) is 4. The van der Waals surface area contributed by atoms with Crippen LogP contribution in [0.2, 0.25) is 0 Å². The van der Waals surface area contributed by atoms with Crippen molar-refractivity contribution in [3.05, 3.63) is 59.7 Å². The lowest BCUT2D eigenvalue weighted by Gasteiger charge is -2.14. The van der Waals surface area contributed by atoms with Gasteiger partial charge in [0.25, 0.3) is 20.0 Å². The lowest BCUT2D eigenvalue weighted by Crippen LogP contribution is -2.49. The molecule has 0 heterocycles. The molecule has 46 heavy (non-hydrogen) atoms. The molecular formula is C32H58N6O6S2. The zero-order chi connectivity index (χ0) is 35.4. The van der Waals surface area contributed by atoms with Crippen molar-refractivity contribution < 1.29 is 38.5 Å². The molecule has 0 saturated heterocycles. The summed E-state index contributed by atoms with van der Waals surface area (Å²) in [4.78, 5) is 7.35. The molecule has 0 aliphatic carbocycles. The molecule has 0 unspecified atom stereocenters. The highest BCUT2D eigenvalue weighted by molar-refractivity contribution is 7.90. The molecule has 2 rings (SSSR count). The van der Waals surface area contributed by atoms with Crippen LogP contribution in [0, 0.1) is 13.8 Å². The third-order valence-corrected chi connectivity index (χ3v) is 8.52. The number of rotatable bonds is 14. The minimum atomic E-state index is -3.81. The number of quaternary nitrogens is 2. The summed E-state index contributed by atoms with van der Waals surface area (Å²) >= 11 is 0. The molecule has 0 aliphatic rings. The fourth-order valence-electron chi connectivity index (χ4n) is 3.02. The fraction of sp³-hybridized carbons (Fsp3) is 0.562. The first-order chi connectivity index (χ1) is 21.7. The second kappa shape index (κ2) is 27.0. The molecule has 0 bridgehead atoms. The van der Waals surface area contributed by atoms with Crippen molar-refractivity contribution in [3.63, 3.8) is 0 Å². The highest BCUT2D eigenvalue weighted by atomic mass is 32.2.